The van der Waals surface area contributed by atoms with Gasteiger partial charge in [-0.05, 0) is 30.6 Å². The van der Waals surface area contributed by atoms with Crippen molar-refractivity contribution in [3.05, 3.63) is 35.4 Å². The molecule has 0 spiro atoms. The maximum atomic E-state index is 5.42. The molecule has 0 amide bonds. The van der Waals surface area contributed by atoms with Crippen LogP contribution in [0.4, 0.5) is 0 Å². The fourth-order valence-corrected chi connectivity index (χ4v) is 1.46. The molecule has 0 radical (unpaired) electrons. The molecule has 1 aromatic rings. The van der Waals surface area contributed by atoms with Crippen LogP contribution in [0.2, 0.25) is 0 Å². The fraction of sp³-hybridized carbons (Fsp3) is 0.500. The molecule has 0 aromatic heterocycles. The first-order valence-electron chi connectivity index (χ1n) is 5.34. The number of ether oxygens (including phenoxy) is 1. The third kappa shape index (κ3) is 4.93. The average Bonchev–Trinajstić information content (AvgIpc) is 2.26. The lowest BCUT2D eigenvalue weighted by Crippen LogP contribution is -2.17. The van der Waals surface area contributed by atoms with Gasteiger partial charge in [-0.2, -0.15) is 0 Å². The van der Waals surface area contributed by atoms with Crippen molar-refractivity contribution in [1.29, 1.82) is 0 Å². The van der Waals surface area contributed by atoms with E-state index in [1.165, 1.54) is 11.1 Å². The Morgan fingerprint density at radius 1 is 1.33 bits per heavy atom. The van der Waals surface area contributed by atoms with Gasteiger partial charge in [0.25, 0.3) is 0 Å². The van der Waals surface area contributed by atoms with E-state index in [1.54, 1.807) is 7.11 Å². The van der Waals surface area contributed by atoms with Crippen LogP contribution in [-0.4, -0.2) is 20.2 Å². The van der Waals surface area contributed by atoms with E-state index in [4.69, 9.17) is 10.5 Å². The molecule has 0 saturated carbocycles. The molecule has 84 valence electrons. The molecule has 0 aliphatic carbocycles. The van der Waals surface area contributed by atoms with E-state index < -0.39 is 0 Å². The van der Waals surface area contributed by atoms with Crippen molar-refractivity contribution < 1.29 is 4.74 Å². The Bertz CT molecular complexity index is 276. The molecule has 3 N–H and O–H groups in total. The van der Waals surface area contributed by atoms with Gasteiger partial charge in [0.15, 0.2) is 0 Å². The van der Waals surface area contributed by atoms with Crippen LogP contribution in [0.25, 0.3) is 0 Å². The largest absolute Gasteiger partial charge is 0.380 e. The Balaban J connectivity index is 2.36. The number of hydrogen-bond acceptors (Lipinski definition) is 3. The highest BCUT2D eigenvalue weighted by Gasteiger charge is 1.95. The van der Waals surface area contributed by atoms with Crippen molar-refractivity contribution in [2.24, 2.45) is 5.73 Å². The quantitative estimate of drug-likeness (QED) is 0.663. The van der Waals surface area contributed by atoms with Crippen LogP contribution in [0.5, 0.6) is 0 Å². The van der Waals surface area contributed by atoms with Crippen molar-refractivity contribution >= 4 is 0 Å². The number of nitrogens with one attached hydrogen (secondary N) is 1. The van der Waals surface area contributed by atoms with Crippen LogP contribution in [0, 0.1) is 0 Å². The van der Waals surface area contributed by atoms with E-state index in [2.05, 4.69) is 29.6 Å². The number of benzene rings is 1. The number of nitrogens with two attached hydrogens (primary N) is 1. The minimum atomic E-state index is 0.677. The summed E-state index contributed by atoms with van der Waals surface area (Å²) < 4.78 is 5.09. The summed E-state index contributed by atoms with van der Waals surface area (Å²) in [7, 11) is 1.71. The summed E-state index contributed by atoms with van der Waals surface area (Å²) in [5, 5.41) is 3.35. The lowest BCUT2D eigenvalue weighted by Gasteiger charge is -2.06. The highest BCUT2D eigenvalue weighted by atomic mass is 16.5. The fourth-order valence-electron chi connectivity index (χ4n) is 1.46. The van der Waals surface area contributed by atoms with Crippen molar-refractivity contribution in [3.63, 3.8) is 0 Å². The van der Waals surface area contributed by atoms with Gasteiger partial charge in [-0.25, -0.2) is 0 Å². The second kappa shape index (κ2) is 7.40. The van der Waals surface area contributed by atoms with Crippen molar-refractivity contribution in [3.8, 4) is 0 Å². The molecule has 15 heavy (non-hydrogen) atoms. The van der Waals surface area contributed by atoms with Gasteiger partial charge in [0.2, 0.25) is 0 Å². The third-order valence-electron chi connectivity index (χ3n) is 2.19. The van der Waals surface area contributed by atoms with Gasteiger partial charge in [0.05, 0.1) is 6.61 Å². The number of hydrogen-bond donors (Lipinski definition) is 2. The van der Waals surface area contributed by atoms with Crippen LogP contribution < -0.4 is 11.1 Å². The van der Waals surface area contributed by atoms with E-state index in [-0.39, 0.29) is 0 Å². The van der Waals surface area contributed by atoms with E-state index >= 15 is 0 Å². The summed E-state index contributed by atoms with van der Waals surface area (Å²) in [6.45, 7) is 3.30. The monoisotopic (exact) mass is 208 g/mol. The van der Waals surface area contributed by atoms with Gasteiger partial charge >= 0.3 is 0 Å². The van der Waals surface area contributed by atoms with Gasteiger partial charge in [-0.15, -0.1) is 0 Å². The Kier molecular flexibility index (Phi) is 6.00. The molecule has 0 heterocycles. The second-order valence-corrected chi connectivity index (χ2v) is 3.57. The zero-order valence-corrected chi connectivity index (χ0v) is 9.33. The molecule has 0 saturated heterocycles. The molecular formula is C12H20N2O. The molecule has 0 aliphatic heterocycles. The lowest BCUT2D eigenvalue weighted by molar-refractivity contribution is 0.185. The van der Waals surface area contributed by atoms with Gasteiger partial charge in [-0.1, -0.05) is 24.3 Å². The highest BCUT2D eigenvalue weighted by Crippen LogP contribution is 2.05. The summed E-state index contributed by atoms with van der Waals surface area (Å²) in [6, 6.07) is 8.43. The molecule has 0 unspecified atom stereocenters. The Hall–Kier alpha value is -0.900. The first kappa shape index (κ1) is 12.2. The molecule has 0 fully saturated rings. The van der Waals surface area contributed by atoms with E-state index in [0.717, 1.165) is 26.1 Å². The van der Waals surface area contributed by atoms with Gasteiger partial charge < -0.3 is 15.8 Å². The highest BCUT2D eigenvalue weighted by molar-refractivity contribution is 5.22. The van der Waals surface area contributed by atoms with Gasteiger partial charge in [0, 0.05) is 13.7 Å². The molecule has 0 atom stereocenters. The lowest BCUT2D eigenvalue weighted by atomic mass is 10.1. The molecule has 3 heteroatoms. The SMILES string of the molecule is COCc1cccc(CNCCCN)c1. The predicted octanol–water partition coefficient (Wildman–Crippen LogP) is 1.27. The summed E-state index contributed by atoms with van der Waals surface area (Å²) in [6.07, 6.45) is 1.03. The maximum absolute atomic E-state index is 5.42. The summed E-state index contributed by atoms with van der Waals surface area (Å²) in [5.74, 6) is 0. The predicted molar refractivity (Wildman–Crippen MR) is 62.5 cm³/mol. The van der Waals surface area contributed by atoms with E-state index in [0.29, 0.717) is 6.61 Å². The van der Waals surface area contributed by atoms with Crippen LogP contribution in [0.3, 0.4) is 0 Å². The molecule has 0 aliphatic rings. The molecule has 3 nitrogen and oxygen atoms in total. The smallest absolute Gasteiger partial charge is 0.0713 e. The van der Waals surface area contributed by atoms with Gasteiger partial charge in [-0.3, -0.25) is 0 Å². The number of rotatable bonds is 7. The summed E-state index contributed by atoms with van der Waals surface area (Å²) in [4.78, 5) is 0. The zero-order chi connectivity index (χ0) is 10.9. The summed E-state index contributed by atoms with van der Waals surface area (Å²) >= 11 is 0. The first-order valence-corrected chi connectivity index (χ1v) is 5.34. The maximum Gasteiger partial charge on any atom is 0.0713 e. The normalized spacial score (nSPS) is 10.5. The molecule has 1 rings (SSSR count). The summed E-state index contributed by atoms with van der Waals surface area (Å²) in [5.41, 5.74) is 7.93. The molecule has 1 aromatic carbocycles. The second-order valence-electron chi connectivity index (χ2n) is 3.57. The van der Waals surface area contributed by atoms with Gasteiger partial charge in [0.1, 0.15) is 0 Å². The average molecular weight is 208 g/mol. The van der Waals surface area contributed by atoms with Crippen LogP contribution in [-0.2, 0) is 17.9 Å². The van der Waals surface area contributed by atoms with Crippen molar-refractivity contribution in [2.45, 2.75) is 19.6 Å². The van der Waals surface area contributed by atoms with Crippen molar-refractivity contribution in [1.82, 2.24) is 5.32 Å². The van der Waals surface area contributed by atoms with Crippen LogP contribution >= 0.6 is 0 Å². The first-order chi connectivity index (χ1) is 7.36. The minimum absolute atomic E-state index is 0.677. The van der Waals surface area contributed by atoms with Crippen LogP contribution in [0.15, 0.2) is 24.3 Å². The number of methoxy groups -OCH3 is 1. The zero-order valence-electron chi connectivity index (χ0n) is 9.33. The van der Waals surface area contributed by atoms with E-state index in [9.17, 15) is 0 Å². The Morgan fingerprint density at radius 2 is 2.13 bits per heavy atom. The van der Waals surface area contributed by atoms with E-state index in [1.807, 2.05) is 0 Å². The minimum Gasteiger partial charge on any atom is -0.380 e. The Morgan fingerprint density at radius 3 is 2.87 bits per heavy atom. The molecular weight excluding hydrogens is 188 g/mol. The Labute approximate surface area is 91.6 Å². The van der Waals surface area contributed by atoms with Crippen molar-refractivity contribution in [2.75, 3.05) is 20.2 Å². The topological polar surface area (TPSA) is 47.3 Å². The molecule has 0 bridgehead atoms. The standard InChI is InChI=1S/C12H20N2O/c1-15-10-12-5-2-4-11(8-12)9-14-7-3-6-13/h2,4-5,8,14H,3,6-7,9-10,13H2,1H3. The van der Waals surface area contributed by atoms with Crippen LogP contribution in [0.1, 0.15) is 17.5 Å². The third-order valence-corrected chi connectivity index (χ3v) is 2.19.